The van der Waals surface area contributed by atoms with Crippen molar-refractivity contribution in [3.8, 4) is 6.07 Å². The minimum absolute atomic E-state index is 0.0842. The molecule has 1 saturated heterocycles. The molecule has 0 aromatic heterocycles. The lowest BCUT2D eigenvalue weighted by atomic mass is 9.96. The van der Waals surface area contributed by atoms with Gasteiger partial charge >= 0.3 is 0 Å². The van der Waals surface area contributed by atoms with Gasteiger partial charge in [-0.3, -0.25) is 4.79 Å². The normalized spacial score (nSPS) is 27.1. The lowest BCUT2D eigenvalue weighted by Gasteiger charge is -2.23. The standard InChI is InChI=1S/C11H19N3O/c1-8(4-12)7-14(3)11(15)10-6-13-5-9(10)2/h8-10,13H,5-7H2,1-3H3. The van der Waals surface area contributed by atoms with Crippen LogP contribution in [0.3, 0.4) is 0 Å². The Morgan fingerprint density at radius 1 is 1.67 bits per heavy atom. The molecule has 1 aliphatic heterocycles. The molecule has 1 heterocycles. The van der Waals surface area contributed by atoms with Gasteiger partial charge in [0, 0.05) is 20.1 Å². The Balaban J connectivity index is 2.49. The van der Waals surface area contributed by atoms with Gasteiger partial charge in [-0.2, -0.15) is 5.26 Å². The zero-order valence-electron chi connectivity index (χ0n) is 9.66. The van der Waals surface area contributed by atoms with Crippen molar-refractivity contribution in [2.45, 2.75) is 13.8 Å². The summed E-state index contributed by atoms with van der Waals surface area (Å²) in [6.45, 7) is 6.13. The smallest absolute Gasteiger partial charge is 0.227 e. The monoisotopic (exact) mass is 209 g/mol. The number of amides is 1. The molecule has 0 aromatic carbocycles. The highest BCUT2D eigenvalue weighted by Gasteiger charge is 2.31. The predicted octanol–water partition coefficient (Wildman–Crippen LogP) is 0.460. The summed E-state index contributed by atoms with van der Waals surface area (Å²) in [7, 11) is 1.78. The first-order chi connectivity index (χ1) is 7.06. The van der Waals surface area contributed by atoms with Gasteiger partial charge in [-0.1, -0.05) is 6.92 Å². The van der Waals surface area contributed by atoms with E-state index in [4.69, 9.17) is 5.26 Å². The molecule has 84 valence electrons. The Kier molecular flexibility index (Phi) is 4.10. The SMILES string of the molecule is CC(C#N)CN(C)C(=O)C1CNCC1C. The third-order valence-electron chi connectivity index (χ3n) is 2.98. The van der Waals surface area contributed by atoms with E-state index in [1.807, 2.05) is 6.92 Å². The van der Waals surface area contributed by atoms with Gasteiger partial charge in [0.25, 0.3) is 0 Å². The molecular formula is C11H19N3O. The summed E-state index contributed by atoms with van der Waals surface area (Å²) in [5, 5.41) is 11.9. The van der Waals surface area contributed by atoms with Crippen LogP contribution in [0.15, 0.2) is 0 Å². The summed E-state index contributed by atoms with van der Waals surface area (Å²) in [4.78, 5) is 13.7. The van der Waals surface area contributed by atoms with Gasteiger partial charge in [0.1, 0.15) is 0 Å². The number of hydrogen-bond acceptors (Lipinski definition) is 3. The molecule has 1 aliphatic rings. The fourth-order valence-electron chi connectivity index (χ4n) is 1.97. The van der Waals surface area contributed by atoms with Crippen molar-refractivity contribution in [3.05, 3.63) is 0 Å². The zero-order chi connectivity index (χ0) is 11.4. The maximum absolute atomic E-state index is 12.0. The Bertz CT molecular complexity index is 271. The van der Waals surface area contributed by atoms with E-state index in [1.54, 1.807) is 11.9 Å². The van der Waals surface area contributed by atoms with Gasteiger partial charge in [0.2, 0.25) is 5.91 Å². The van der Waals surface area contributed by atoms with Crippen LogP contribution in [0.25, 0.3) is 0 Å². The van der Waals surface area contributed by atoms with Crippen LogP contribution in [-0.2, 0) is 4.79 Å². The minimum Gasteiger partial charge on any atom is -0.344 e. The highest BCUT2D eigenvalue weighted by atomic mass is 16.2. The Hall–Kier alpha value is -1.08. The van der Waals surface area contributed by atoms with Crippen LogP contribution >= 0.6 is 0 Å². The maximum Gasteiger partial charge on any atom is 0.227 e. The summed E-state index contributed by atoms with van der Waals surface area (Å²) in [6.07, 6.45) is 0. The molecule has 0 spiro atoms. The van der Waals surface area contributed by atoms with Crippen molar-refractivity contribution in [3.63, 3.8) is 0 Å². The topological polar surface area (TPSA) is 56.1 Å². The second-order valence-corrected chi connectivity index (χ2v) is 4.49. The highest BCUT2D eigenvalue weighted by molar-refractivity contribution is 5.79. The van der Waals surface area contributed by atoms with Crippen molar-refractivity contribution in [1.82, 2.24) is 10.2 Å². The van der Waals surface area contributed by atoms with E-state index in [9.17, 15) is 4.79 Å². The van der Waals surface area contributed by atoms with Crippen LogP contribution in [0.2, 0.25) is 0 Å². The summed E-state index contributed by atoms with van der Waals surface area (Å²) >= 11 is 0. The molecule has 0 bridgehead atoms. The molecule has 0 aromatic rings. The maximum atomic E-state index is 12.0. The number of rotatable bonds is 3. The molecule has 1 fully saturated rings. The van der Waals surface area contributed by atoms with Crippen LogP contribution in [0.5, 0.6) is 0 Å². The van der Waals surface area contributed by atoms with E-state index in [0.29, 0.717) is 12.5 Å². The quantitative estimate of drug-likeness (QED) is 0.734. The van der Waals surface area contributed by atoms with Crippen molar-refractivity contribution in [2.24, 2.45) is 17.8 Å². The third-order valence-corrected chi connectivity index (χ3v) is 2.98. The molecule has 1 rings (SSSR count). The number of nitrogens with zero attached hydrogens (tertiary/aromatic N) is 2. The summed E-state index contributed by atoms with van der Waals surface area (Å²) in [5.74, 6) is 0.552. The van der Waals surface area contributed by atoms with Crippen LogP contribution in [0.4, 0.5) is 0 Å². The number of hydrogen-bond donors (Lipinski definition) is 1. The van der Waals surface area contributed by atoms with E-state index in [-0.39, 0.29) is 17.7 Å². The van der Waals surface area contributed by atoms with E-state index in [2.05, 4.69) is 18.3 Å². The van der Waals surface area contributed by atoms with Crippen LogP contribution < -0.4 is 5.32 Å². The molecule has 4 nitrogen and oxygen atoms in total. The average molecular weight is 209 g/mol. The lowest BCUT2D eigenvalue weighted by Crippen LogP contribution is -2.38. The van der Waals surface area contributed by atoms with Crippen molar-refractivity contribution < 1.29 is 4.79 Å². The minimum atomic E-state index is -0.0939. The molecule has 0 aliphatic carbocycles. The van der Waals surface area contributed by atoms with E-state index >= 15 is 0 Å². The predicted molar refractivity (Wildman–Crippen MR) is 57.9 cm³/mol. The van der Waals surface area contributed by atoms with Crippen molar-refractivity contribution in [1.29, 1.82) is 5.26 Å². The second-order valence-electron chi connectivity index (χ2n) is 4.49. The average Bonchev–Trinajstić information content (AvgIpc) is 2.63. The van der Waals surface area contributed by atoms with Gasteiger partial charge < -0.3 is 10.2 Å². The highest BCUT2D eigenvalue weighted by Crippen LogP contribution is 2.18. The largest absolute Gasteiger partial charge is 0.344 e. The molecule has 3 unspecified atom stereocenters. The van der Waals surface area contributed by atoms with E-state index in [0.717, 1.165) is 13.1 Å². The molecule has 0 radical (unpaired) electrons. The summed E-state index contributed by atoms with van der Waals surface area (Å²) < 4.78 is 0. The van der Waals surface area contributed by atoms with Crippen LogP contribution in [-0.4, -0.2) is 37.5 Å². The Morgan fingerprint density at radius 3 is 2.80 bits per heavy atom. The lowest BCUT2D eigenvalue weighted by molar-refractivity contribution is -0.134. The van der Waals surface area contributed by atoms with E-state index in [1.165, 1.54) is 0 Å². The van der Waals surface area contributed by atoms with Gasteiger partial charge in [0.05, 0.1) is 17.9 Å². The molecule has 15 heavy (non-hydrogen) atoms. The van der Waals surface area contributed by atoms with E-state index < -0.39 is 0 Å². The van der Waals surface area contributed by atoms with Crippen molar-refractivity contribution >= 4 is 5.91 Å². The van der Waals surface area contributed by atoms with Gasteiger partial charge in [-0.15, -0.1) is 0 Å². The molecule has 1 N–H and O–H groups in total. The first-order valence-corrected chi connectivity index (χ1v) is 5.41. The summed E-state index contributed by atoms with van der Waals surface area (Å²) in [5.41, 5.74) is 0. The fourth-order valence-corrected chi connectivity index (χ4v) is 1.97. The molecule has 1 amide bonds. The third kappa shape index (κ3) is 2.93. The molecule has 0 saturated carbocycles. The number of carbonyl (C=O) groups is 1. The summed E-state index contributed by atoms with van der Waals surface area (Å²) in [6, 6.07) is 2.14. The molecule has 4 heteroatoms. The zero-order valence-corrected chi connectivity index (χ0v) is 9.66. The number of nitrogens with one attached hydrogen (secondary N) is 1. The van der Waals surface area contributed by atoms with Gasteiger partial charge in [-0.05, 0) is 19.4 Å². The Morgan fingerprint density at radius 2 is 2.33 bits per heavy atom. The van der Waals surface area contributed by atoms with Crippen LogP contribution in [0, 0.1) is 29.1 Å². The molecule has 3 atom stereocenters. The Labute approximate surface area is 91.2 Å². The number of carbonyl (C=O) groups excluding carboxylic acids is 1. The fraction of sp³-hybridized carbons (Fsp3) is 0.818. The second kappa shape index (κ2) is 5.13. The van der Waals surface area contributed by atoms with Crippen LogP contribution in [0.1, 0.15) is 13.8 Å². The first kappa shape index (κ1) is 12.0. The van der Waals surface area contributed by atoms with Gasteiger partial charge in [-0.25, -0.2) is 0 Å². The van der Waals surface area contributed by atoms with Gasteiger partial charge in [0.15, 0.2) is 0 Å². The molecular weight excluding hydrogens is 190 g/mol. The van der Waals surface area contributed by atoms with Crippen molar-refractivity contribution in [2.75, 3.05) is 26.7 Å². The number of nitriles is 1. The first-order valence-electron chi connectivity index (χ1n) is 5.41.